The molecule has 2 atom stereocenters. The van der Waals surface area contributed by atoms with Gasteiger partial charge in [-0.05, 0) is 38.9 Å². The van der Waals surface area contributed by atoms with Crippen molar-refractivity contribution in [2.75, 3.05) is 31.6 Å². The highest BCUT2D eigenvalue weighted by Gasteiger charge is 2.31. The minimum atomic E-state index is -0.391. The van der Waals surface area contributed by atoms with Crippen LogP contribution in [-0.2, 0) is 12.8 Å². The summed E-state index contributed by atoms with van der Waals surface area (Å²) in [6.45, 7) is 6.51. The minimum absolute atomic E-state index is 0.169. The summed E-state index contributed by atoms with van der Waals surface area (Å²) in [4.78, 5) is 18.0. The number of nitrogens with zero attached hydrogens (tertiary/aromatic N) is 5. The van der Waals surface area contributed by atoms with Crippen molar-refractivity contribution in [3.8, 4) is 0 Å². The number of piperidine rings is 1. The summed E-state index contributed by atoms with van der Waals surface area (Å²) in [6, 6.07) is 8.26. The lowest BCUT2D eigenvalue weighted by Crippen LogP contribution is -2.53. The smallest absolute Gasteiger partial charge is 0.132 e. The monoisotopic (exact) mass is 369 g/mol. The summed E-state index contributed by atoms with van der Waals surface area (Å²) >= 11 is 0. The van der Waals surface area contributed by atoms with Gasteiger partial charge in [0.1, 0.15) is 11.6 Å². The largest absolute Gasteiger partial charge is 0.390 e. The first kappa shape index (κ1) is 19.7. The maximum atomic E-state index is 10.8. The molecular formula is C21H31N5O. The van der Waals surface area contributed by atoms with Crippen LogP contribution in [0, 0.1) is 6.92 Å². The highest BCUT2D eigenvalue weighted by atomic mass is 16.3. The van der Waals surface area contributed by atoms with Crippen molar-refractivity contribution >= 4 is 5.82 Å². The zero-order chi connectivity index (χ0) is 19.2. The molecule has 1 saturated heterocycles. The molecule has 1 fully saturated rings. The van der Waals surface area contributed by atoms with Gasteiger partial charge in [-0.15, -0.1) is 0 Å². The van der Waals surface area contributed by atoms with E-state index < -0.39 is 6.10 Å². The molecule has 0 amide bonds. The van der Waals surface area contributed by atoms with Gasteiger partial charge in [-0.1, -0.05) is 19.4 Å². The summed E-state index contributed by atoms with van der Waals surface area (Å²) < 4.78 is 0. The third kappa shape index (κ3) is 5.23. The lowest BCUT2D eigenvalue weighted by Gasteiger charge is -2.40. The van der Waals surface area contributed by atoms with E-state index in [4.69, 9.17) is 0 Å². The standard InChI is InChI=1S/C21H31N5O/c1-4-7-18-14-21(24-16(2)23-18)26-13-10-19(20(27)15-26)25(3)12-9-17-8-5-6-11-22-17/h5-6,8,11,14,19-20,27H,4,7,9-10,12-13,15H2,1-3H3/t19-,20-/m1/s1. The maximum Gasteiger partial charge on any atom is 0.132 e. The molecule has 6 heteroatoms. The topological polar surface area (TPSA) is 65.4 Å². The van der Waals surface area contributed by atoms with Crippen LogP contribution in [0.4, 0.5) is 5.82 Å². The molecule has 1 N–H and O–H groups in total. The van der Waals surface area contributed by atoms with Gasteiger partial charge in [0, 0.05) is 55.7 Å². The number of likely N-dealkylation sites (N-methyl/N-ethyl adjacent to an activating group) is 1. The predicted octanol–water partition coefficient (Wildman–Crippen LogP) is 2.25. The van der Waals surface area contributed by atoms with E-state index in [1.807, 2.05) is 25.3 Å². The van der Waals surface area contributed by atoms with Crippen LogP contribution >= 0.6 is 0 Å². The second-order valence-corrected chi connectivity index (χ2v) is 7.44. The molecule has 3 rings (SSSR count). The van der Waals surface area contributed by atoms with Crippen LogP contribution in [0.15, 0.2) is 30.5 Å². The van der Waals surface area contributed by atoms with Gasteiger partial charge in [0.2, 0.25) is 0 Å². The van der Waals surface area contributed by atoms with E-state index in [9.17, 15) is 5.11 Å². The van der Waals surface area contributed by atoms with Gasteiger partial charge in [-0.2, -0.15) is 0 Å². The Kier molecular flexibility index (Phi) is 6.74. The quantitative estimate of drug-likeness (QED) is 0.807. The summed E-state index contributed by atoms with van der Waals surface area (Å²) in [5.41, 5.74) is 2.18. The number of hydrogen-bond donors (Lipinski definition) is 1. The number of aliphatic hydroxyl groups is 1. The Balaban J connectivity index is 1.58. The molecule has 27 heavy (non-hydrogen) atoms. The highest BCUT2D eigenvalue weighted by molar-refractivity contribution is 5.41. The Bertz CT molecular complexity index is 724. The second kappa shape index (κ2) is 9.24. The van der Waals surface area contributed by atoms with E-state index in [0.29, 0.717) is 6.54 Å². The average molecular weight is 370 g/mol. The Labute approximate surface area is 162 Å². The lowest BCUT2D eigenvalue weighted by molar-refractivity contribution is 0.0508. The van der Waals surface area contributed by atoms with Crippen LogP contribution in [0.5, 0.6) is 0 Å². The zero-order valence-corrected chi connectivity index (χ0v) is 16.7. The summed E-state index contributed by atoms with van der Waals surface area (Å²) in [5, 5.41) is 10.8. The second-order valence-electron chi connectivity index (χ2n) is 7.44. The fraction of sp³-hybridized carbons (Fsp3) is 0.571. The molecule has 0 radical (unpaired) electrons. The molecule has 6 nitrogen and oxygen atoms in total. The van der Waals surface area contributed by atoms with E-state index in [-0.39, 0.29) is 6.04 Å². The number of aromatic nitrogens is 3. The number of rotatable bonds is 7. The molecule has 1 aliphatic heterocycles. The fourth-order valence-electron chi connectivity index (χ4n) is 3.80. The highest BCUT2D eigenvalue weighted by Crippen LogP contribution is 2.22. The molecule has 0 aromatic carbocycles. The van der Waals surface area contributed by atoms with Crippen molar-refractivity contribution in [1.29, 1.82) is 0 Å². The SMILES string of the molecule is CCCc1cc(N2CC[C@@H](N(C)CCc3ccccn3)[C@H](O)C2)nc(C)n1. The molecule has 146 valence electrons. The Morgan fingerprint density at radius 3 is 2.78 bits per heavy atom. The zero-order valence-electron chi connectivity index (χ0n) is 16.7. The van der Waals surface area contributed by atoms with Crippen molar-refractivity contribution in [1.82, 2.24) is 19.9 Å². The Hall–Kier alpha value is -2.05. The van der Waals surface area contributed by atoms with E-state index in [1.54, 1.807) is 0 Å². The van der Waals surface area contributed by atoms with Crippen LogP contribution in [0.2, 0.25) is 0 Å². The number of aliphatic hydroxyl groups excluding tert-OH is 1. The van der Waals surface area contributed by atoms with Crippen LogP contribution in [0.25, 0.3) is 0 Å². The summed E-state index contributed by atoms with van der Waals surface area (Å²) in [6.07, 6.45) is 5.30. The van der Waals surface area contributed by atoms with Gasteiger partial charge in [0.15, 0.2) is 0 Å². The van der Waals surface area contributed by atoms with E-state index in [0.717, 1.165) is 61.8 Å². The Morgan fingerprint density at radius 1 is 1.22 bits per heavy atom. The third-order valence-electron chi connectivity index (χ3n) is 5.27. The molecule has 0 aliphatic carbocycles. The first-order valence-corrected chi connectivity index (χ1v) is 9.94. The van der Waals surface area contributed by atoms with Crippen molar-refractivity contribution < 1.29 is 5.11 Å². The van der Waals surface area contributed by atoms with E-state index in [1.165, 1.54) is 0 Å². The van der Waals surface area contributed by atoms with Crippen LogP contribution in [-0.4, -0.2) is 63.8 Å². The van der Waals surface area contributed by atoms with Gasteiger partial charge < -0.3 is 14.9 Å². The van der Waals surface area contributed by atoms with Crippen LogP contribution in [0.3, 0.4) is 0 Å². The van der Waals surface area contributed by atoms with Crippen LogP contribution < -0.4 is 4.90 Å². The molecule has 0 spiro atoms. The summed E-state index contributed by atoms with van der Waals surface area (Å²) in [7, 11) is 2.10. The lowest BCUT2D eigenvalue weighted by atomic mass is 10.00. The van der Waals surface area contributed by atoms with Crippen LogP contribution in [0.1, 0.15) is 37.0 Å². The van der Waals surface area contributed by atoms with E-state index in [2.05, 4.69) is 50.9 Å². The molecule has 1 aliphatic rings. The van der Waals surface area contributed by atoms with Gasteiger partial charge >= 0.3 is 0 Å². The first-order chi connectivity index (χ1) is 13.1. The van der Waals surface area contributed by atoms with Gasteiger partial charge in [-0.3, -0.25) is 4.98 Å². The molecular weight excluding hydrogens is 338 g/mol. The Morgan fingerprint density at radius 2 is 2.07 bits per heavy atom. The molecule has 2 aromatic rings. The minimum Gasteiger partial charge on any atom is -0.390 e. The number of pyridine rings is 1. The average Bonchev–Trinajstić information content (AvgIpc) is 2.66. The van der Waals surface area contributed by atoms with Gasteiger partial charge in [-0.25, -0.2) is 9.97 Å². The number of anilines is 1. The normalized spacial score (nSPS) is 20.3. The molecule has 0 bridgehead atoms. The van der Waals surface area contributed by atoms with Crippen molar-refractivity contribution in [3.05, 3.63) is 47.7 Å². The number of β-amino-alcohol motifs (C(OH)–C–C–N with tert-alkyl or cyclic N) is 1. The van der Waals surface area contributed by atoms with Crippen molar-refractivity contribution in [3.63, 3.8) is 0 Å². The first-order valence-electron chi connectivity index (χ1n) is 9.94. The maximum absolute atomic E-state index is 10.8. The fourth-order valence-corrected chi connectivity index (χ4v) is 3.80. The molecule has 2 aromatic heterocycles. The van der Waals surface area contributed by atoms with Gasteiger partial charge in [0.05, 0.1) is 6.10 Å². The van der Waals surface area contributed by atoms with Crippen molar-refractivity contribution in [2.45, 2.75) is 51.7 Å². The van der Waals surface area contributed by atoms with E-state index >= 15 is 0 Å². The number of aryl methyl sites for hydroxylation is 2. The number of hydrogen-bond acceptors (Lipinski definition) is 6. The third-order valence-corrected chi connectivity index (χ3v) is 5.27. The molecule has 0 unspecified atom stereocenters. The molecule has 0 saturated carbocycles. The molecule has 3 heterocycles. The van der Waals surface area contributed by atoms with Gasteiger partial charge in [0.25, 0.3) is 0 Å². The predicted molar refractivity (Wildman–Crippen MR) is 108 cm³/mol. The van der Waals surface area contributed by atoms with Crippen molar-refractivity contribution in [2.24, 2.45) is 0 Å². The summed E-state index contributed by atoms with van der Waals surface area (Å²) in [5.74, 6) is 1.75.